The van der Waals surface area contributed by atoms with E-state index in [1.165, 1.54) is 0 Å². The van der Waals surface area contributed by atoms with Gasteiger partial charge in [0.25, 0.3) is 0 Å². The summed E-state index contributed by atoms with van der Waals surface area (Å²) in [5.74, 6) is 0.910. The van der Waals surface area contributed by atoms with Crippen LogP contribution in [0.25, 0.3) is 21.9 Å². The summed E-state index contributed by atoms with van der Waals surface area (Å²) in [4.78, 5) is 14.7. The lowest BCUT2D eigenvalue weighted by Gasteiger charge is -2.10. The summed E-state index contributed by atoms with van der Waals surface area (Å²) < 4.78 is 7.86. The zero-order valence-electron chi connectivity index (χ0n) is 16.5. The number of para-hydroxylation sites is 1. The maximum Gasteiger partial charge on any atom is 0.136 e. The second kappa shape index (κ2) is 9.30. The number of nitrogens with zero attached hydrogens (tertiary/aromatic N) is 4. The molecule has 0 saturated carbocycles. The SMILES string of the molecule is CCOCc1nc2cnc3ccccc3c2n1CCCON=Cc1ccccc1. The molecule has 2 aromatic heterocycles. The Morgan fingerprint density at radius 1 is 1.03 bits per heavy atom. The zero-order chi connectivity index (χ0) is 19.9. The van der Waals surface area contributed by atoms with Crippen LogP contribution in [0.3, 0.4) is 0 Å². The lowest BCUT2D eigenvalue weighted by atomic mass is 10.2. The first kappa shape index (κ1) is 19.1. The maximum absolute atomic E-state index is 5.64. The highest BCUT2D eigenvalue weighted by Gasteiger charge is 2.14. The van der Waals surface area contributed by atoms with Gasteiger partial charge in [-0.1, -0.05) is 53.7 Å². The van der Waals surface area contributed by atoms with Gasteiger partial charge in [-0.25, -0.2) is 4.98 Å². The van der Waals surface area contributed by atoms with Gasteiger partial charge in [0.2, 0.25) is 0 Å². The third-order valence-electron chi connectivity index (χ3n) is 4.69. The van der Waals surface area contributed by atoms with Crippen LogP contribution < -0.4 is 0 Å². The van der Waals surface area contributed by atoms with Crippen LogP contribution in [0.2, 0.25) is 0 Å². The fourth-order valence-corrected chi connectivity index (χ4v) is 3.33. The van der Waals surface area contributed by atoms with Gasteiger partial charge in [-0.15, -0.1) is 0 Å². The summed E-state index contributed by atoms with van der Waals surface area (Å²) in [7, 11) is 0. The van der Waals surface area contributed by atoms with Crippen molar-refractivity contribution in [2.75, 3.05) is 13.2 Å². The van der Waals surface area contributed by atoms with Crippen molar-refractivity contribution in [2.24, 2.45) is 5.16 Å². The van der Waals surface area contributed by atoms with Crippen molar-refractivity contribution in [2.45, 2.75) is 26.5 Å². The van der Waals surface area contributed by atoms with E-state index in [4.69, 9.17) is 14.6 Å². The van der Waals surface area contributed by atoms with Gasteiger partial charge in [0.1, 0.15) is 24.6 Å². The maximum atomic E-state index is 5.64. The number of oxime groups is 1. The highest BCUT2D eigenvalue weighted by Crippen LogP contribution is 2.25. The third kappa shape index (κ3) is 4.43. The number of benzene rings is 2. The third-order valence-corrected chi connectivity index (χ3v) is 4.69. The van der Waals surface area contributed by atoms with Crippen LogP contribution in [0.15, 0.2) is 65.9 Å². The summed E-state index contributed by atoms with van der Waals surface area (Å²) in [5, 5.41) is 5.16. The molecule has 4 aromatic rings. The van der Waals surface area contributed by atoms with E-state index in [0.717, 1.165) is 46.3 Å². The first-order valence-corrected chi connectivity index (χ1v) is 9.88. The van der Waals surface area contributed by atoms with Crippen molar-refractivity contribution in [3.8, 4) is 0 Å². The van der Waals surface area contributed by atoms with E-state index in [0.29, 0.717) is 19.8 Å². The van der Waals surface area contributed by atoms with Crippen molar-refractivity contribution in [1.29, 1.82) is 0 Å². The van der Waals surface area contributed by atoms with Gasteiger partial charge in [-0.05, 0) is 18.6 Å². The Bertz CT molecular complexity index is 1110. The lowest BCUT2D eigenvalue weighted by Crippen LogP contribution is -2.08. The Balaban J connectivity index is 1.50. The summed E-state index contributed by atoms with van der Waals surface area (Å²) in [6.45, 7) is 4.42. The number of fused-ring (bicyclic) bond motifs is 3. The molecule has 148 valence electrons. The van der Waals surface area contributed by atoms with Crippen molar-refractivity contribution in [3.05, 3.63) is 72.2 Å². The molecule has 0 aliphatic heterocycles. The normalized spacial score (nSPS) is 11.6. The van der Waals surface area contributed by atoms with E-state index in [1.807, 2.05) is 61.7 Å². The molecular formula is C23H24N4O2. The van der Waals surface area contributed by atoms with Gasteiger partial charge in [-0.3, -0.25) is 4.98 Å². The van der Waals surface area contributed by atoms with Crippen LogP contribution in [0.4, 0.5) is 0 Å². The predicted molar refractivity (Wildman–Crippen MR) is 115 cm³/mol. The minimum atomic E-state index is 0.479. The fourth-order valence-electron chi connectivity index (χ4n) is 3.33. The molecule has 0 aliphatic rings. The number of hydrogen-bond donors (Lipinski definition) is 0. The second-order valence-electron chi connectivity index (χ2n) is 6.66. The van der Waals surface area contributed by atoms with E-state index in [1.54, 1.807) is 6.21 Å². The van der Waals surface area contributed by atoms with Crippen LogP contribution in [-0.4, -0.2) is 34.0 Å². The number of pyridine rings is 1. The smallest absolute Gasteiger partial charge is 0.136 e. The Kier molecular flexibility index (Phi) is 6.12. The molecular weight excluding hydrogens is 364 g/mol. The van der Waals surface area contributed by atoms with Crippen LogP contribution >= 0.6 is 0 Å². The van der Waals surface area contributed by atoms with E-state index in [-0.39, 0.29) is 0 Å². The van der Waals surface area contributed by atoms with Crippen LogP contribution in [-0.2, 0) is 22.7 Å². The highest BCUT2D eigenvalue weighted by atomic mass is 16.6. The van der Waals surface area contributed by atoms with Crippen molar-refractivity contribution >= 4 is 28.2 Å². The molecule has 0 fully saturated rings. The van der Waals surface area contributed by atoms with Gasteiger partial charge in [-0.2, -0.15) is 0 Å². The molecule has 0 amide bonds. The topological polar surface area (TPSA) is 61.5 Å². The Hall–Kier alpha value is -3.25. The molecule has 2 aromatic carbocycles. The van der Waals surface area contributed by atoms with Gasteiger partial charge in [0.15, 0.2) is 0 Å². The molecule has 0 atom stereocenters. The quantitative estimate of drug-likeness (QED) is 0.240. The van der Waals surface area contributed by atoms with Crippen molar-refractivity contribution in [3.63, 3.8) is 0 Å². The largest absolute Gasteiger partial charge is 0.396 e. The van der Waals surface area contributed by atoms with Gasteiger partial charge in [0, 0.05) is 25.0 Å². The molecule has 0 spiro atoms. The molecule has 0 N–H and O–H groups in total. The molecule has 2 heterocycles. The summed E-state index contributed by atoms with van der Waals surface area (Å²) in [6.07, 6.45) is 4.38. The average molecular weight is 388 g/mol. The summed E-state index contributed by atoms with van der Waals surface area (Å²) in [5.41, 5.74) is 3.97. The molecule has 0 bridgehead atoms. The van der Waals surface area contributed by atoms with Crippen LogP contribution in [0.5, 0.6) is 0 Å². The van der Waals surface area contributed by atoms with Crippen molar-refractivity contribution < 1.29 is 9.57 Å². The van der Waals surface area contributed by atoms with Gasteiger partial charge < -0.3 is 14.1 Å². The van der Waals surface area contributed by atoms with E-state index in [9.17, 15) is 0 Å². The Labute approximate surface area is 169 Å². The number of ether oxygens (including phenoxy) is 1. The number of hydrogen-bond acceptors (Lipinski definition) is 5. The monoisotopic (exact) mass is 388 g/mol. The number of aromatic nitrogens is 3. The van der Waals surface area contributed by atoms with E-state index >= 15 is 0 Å². The molecule has 29 heavy (non-hydrogen) atoms. The van der Waals surface area contributed by atoms with Crippen LogP contribution in [0, 0.1) is 0 Å². The highest BCUT2D eigenvalue weighted by molar-refractivity contribution is 6.02. The zero-order valence-corrected chi connectivity index (χ0v) is 16.5. The average Bonchev–Trinajstić information content (AvgIpc) is 3.13. The molecule has 0 aliphatic carbocycles. The molecule has 6 nitrogen and oxygen atoms in total. The summed E-state index contributed by atoms with van der Waals surface area (Å²) in [6, 6.07) is 18.1. The Morgan fingerprint density at radius 2 is 1.86 bits per heavy atom. The predicted octanol–water partition coefficient (Wildman–Crippen LogP) is 4.56. The molecule has 4 rings (SSSR count). The lowest BCUT2D eigenvalue weighted by molar-refractivity contribution is 0.122. The number of imidazole rings is 1. The fraction of sp³-hybridized carbons (Fsp3) is 0.261. The summed E-state index contributed by atoms with van der Waals surface area (Å²) >= 11 is 0. The number of aryl methyl sites for hydroxylation is 1. The van der Waals surface area contributed by atoms with Crippen molar-refractivity contribution in [1.82, 2.24) is 14.5 Å². The first-order chi connectivity index (χ1) is 14.4. The van der Waals surface area contributed by atoms with E-state index in [2.05, 4.69) is 20.8 Å². The minimum Gasteiger partial charge on any atom is -0.396 e. The van der Waals surface area contributed by atoms with Gasteiger partial charge in [0.05, 0.1) is 23.4 Å². The Morgan fingerprint density at radius 3 is 2.72 bits per heavy atom. The molecule has 0 saturated heterocycles. The van der Waals surface area contributed by atoms with Gasteiger partial charge >= 0.3 is 0 Å². The molecule has 0 radical (unpaired) electrons. The molecule has 6 heteroatoms. The first-order valence-electron chi connectivity index (χ1n) is 9.88. The number of rotatable bonds is 9. The molecule has 0 unspecified atom stereocenters. The minimum absolute atomic E-state index is 0.479. The standard InChI is InChI=1S/C23H24N4O2/c1-2-28-17-22-26-21-16-24-20-12-7-6-11-19(20)23(21)27(22)13-8-14-29-25-15-18-9-4-3-5-10-18/h3-7,9-12,15-16H,2,8,13-14,17H2,1H3. The van der Waals surface area contributed by atoms with E-state index < -0.39 is 0 Å². The second-order valence-corrected chi connectivity index (χ2v) is 6.66. The van der Waals surface area contributed by atoms with Crippen LogP contribution in [0.1, 0.15) is 24.7 Å².